The fourth-order valence-corrected chi connectivity index (χ4v) is 2.07. The summed E-state index contributed by atoms with van der Waals surface area (Å²) in [7, 11) is 0. The molecule has 0 spiro atoms. The number of aryl methyl sites for hydroxylation is 1. The number of carboxylic acids is 1. The van der Waals surface area contributed by atoms with Crippen molar-refractivity contribution < 1.29 is 32.5 Å². The molecule has 0 aliphatic heterocycles. The predicted molar refractivity (Wildman–Crippen MR) is 63.0 cm³/mol. The van der Waals surface area contributed by atoms with Crippen molar-refractivity contribution in [2.45, 2.75) is 19.5 Å². The second-order valence-corrected chi connectivity index (χ2v) is 4.98. The van der Waals surface area contributed by atoms with Crippen LogP contribution in [0.25, 0.3) is 0 Å². The summed E-state index contributed by atoms with van der Waals surface area (Å²) >= 11 is 1.09. The average molecular weight is 298 g/mol. The summed E-state index contributed by atoms with van der Waals surface area (Å²) in [6, 6.07) is 1.59. The Morgan fingerprint density at radius 2 is 2.11 bits per heavy atom. The van der Waals surface area contributed by atoms with Crippen molar-refractivity contribution in [2.24, 2.45) is 0 Å². The molecule has 19 heavy (non-hydrogen) atoms. The van der Waals surface area contributed by atoms with Gasteiger partial charge in [0.05, 0.1) is 13.2 Å². The van der Waals surface area contributed by atoms with Gasteiger partial charge < -0.3 is 14.6 Å². The lowest BCUT2D eigenvalue weighted by atomic mass is 10.4. The van der Waals surface area contributed by atoms with E-state index in [-0.39, 0.29) is 30.3 Å². The van der Waals surface area contributed by atoms with E-state index in [1.165, 1.54) is 0 Å². The molecule has 0 saturated heterocycles. The van der Waals surface area contributed by atoms with Crippen molar-refractivity contribution in [3.8, 4) is 5.75 Å². The van der Waals surface area contributed by atoms with Gasteiger partial charge in [-0.15, -0.1) is 11.3 Å². The zero-order chi connectivity index (χ0) is 14.5. The Balaban J connectivity index is 2.28. The molecule has 0 fully saturated rings. The van der Waals surface area contributed by atoms with Gasteiger partial charge in [0.25, 0.3) is 0 Å². The molecule has 1 heterocycles. The number of carbonyl (C=O) groups is 1. The van der Waals surface area contributed by atoms with Crippen LogP contribution in [0.3, 0.4) is 0 Å². The summed E-state index contributed by atoms with van der Waals surface area (Å²) in [5, 5.41) is 8.89. The highest BCUT2D eigenvalue weighted by Crippen LogP contribution is 2.28. The highest BCUT2D eigenvalue weighted by Gasteiger charge is 2.27. The van der Waals surface area contributed by atoms with Gasteiger partial charge in [-0.2, -0.15) is 13.2 Å². The van der Waals surface area contributed by atoms with Crippen molar-refractivity contribution in [3.05, 3.63) is 15.8 Å². The average Bonchev–Trinajstić information content (AvgIpc) is 2.63. The van der Waals surface area contributed by atoms with Gasteiger partial charge in [-0.05, 0) is 13.0 Å². The van der Waals surface area contributed by atoms with E-state index in [9.17, 15) is 18.0 Å². The van der Waals surface area contributed by atoms with Gasteiger partial charge in [-0.1, -0.05) is 0 Å². The van der Waals surface area contributed by atoms with Crippen LogP contribution in [0, 0.1) is 6.92 Å². The Morgan fingerprint density at radius 1 is 1.42 bits per heavy atom. The third-order valence-corrected chi connectivity index (χ3v) is 2.99. The van der Waals surface area contributed by atoms with E-state index < -0.39 is 18.8 Å². The number of aromatic carboxylic acids is 1. The standard InChI is InChI=1S/C11H13F3O4S/c1-7-5-8(9(19-7)10(15)16)18-4-2-3-17-6-11(12,13)14/h5H,2-4,6H2,1H3,(H,15,16). The molecule has 0 atom stereocenters. The second-order valence-electron chi connectivity index (χ2n) is 3.73. The van der Waals surface area contributed by atoms with Crippen molar-refractivity contribution in [1.82, 2.24) is 0 Å². The molecule has 1 aromatic heterocycles. The van der Waals surface area contributed by atoms with E-state index in [1.54, 1.807) is 13.0 Å². The first kappa shape index (κ1) is 15.8. The third-order valence-electron chi connectivity index (χ3n) is 1.97. The highest BCUT2D eigenvalue weighted by atomic mass is 32.1. The molecule has 4 nitrogen and oxygen atoms in total. The monoisotopic (exact) mass is 298 g/mol. The predicted octanol–water partition coefficient (Wildman–Crippen LogP) is 3.10. The van der Waals surface area contributed by atoms with E-state index in [0.717, 1.165) is 16.2 Å². The van der Waals surface area contributed by atoms with E-state index in [2.05, 4.69) is 4.74 Å². The number of hydrogen-bond acceptors (Lipinski definition) is 4. The molecular formula is C11H13F3O4S. The van der Waals surface area contributed by atoms with Gasteiger partial charge in [0.1, 0.15) is 12.4 Å². The van der Waals surface area contributed by atoms with Crippen LogP contribution in [0.4, 0.5) is 13.2 Å². The molecule has 108 valence electrons. The van der Waals surface area contributed by atoms with Crippen molar-refractivity contribution >= 4 is 17.3 Å². The Hall–Kier alpha value is -1.28. The van der Waals surface area contributed by atoms with Crippen LogP contribution in [0.5, 0.6) is 5.75 Å². The first-order valence-corrected chi connectivity index (χ1v) is 6.22. The minimum Gasteiger partial charge on any atom is -0.492 e. The molecule has 0 unspecified atom stereocenters. The van der Waals surface area contributed by atoms with Gasteiger partial charge >= 0.3 is 12.1 Å². The number of carboxylic acid groups (broad SMARTS) is 1. The first-order chi connectivity index (χ1) is 8.79. The lowest BCUT2D eigenvalue weighted by Gasteiger charge is -2.08. The number of alkyl halides is 3. The minimum atomic E-state index is -4.33. The van der Waals surface area contributed by atoms with E-state index in [1.807, 2.05) is 0 Å². The molecule has 0 bridgehead atoms. The van der Waals surface area contributed by atoms with Gasteiger partial charge in [-0.3, -0.25) is 0 Å². The summed E-state index contributed by atoms with van der Waals surface area (Å²) in [6.07, 6.45) is -4.08. The van der Waals surface area contributed by atoms with Crippen molar-refractivity contribution in [1.29, 1.82) is 0 Å². The lowest BCUT2D eigenvalue weighted by Crippen LogP contribution is -2.18. The smallest absolute Gasteiger partial charge is 0.411 e. The summed E-state index contributed by atoms with van der Waals surface area (Å²) in [6.45, 7) is 0.473. The van der Waals surface area contributed by atoms with E-state index in [4.69, 9.17) is 9.84 Å². The Labute approximate surface area is 111 Å². The van der Waals surface area contributed by atoms with Gasteiger partial charge in [0.2, 0.25) is 0 Å². The van der Waals surface area contributed by atoms with Crippen LogP contribution in [0.15, 0.2) is 6.07 Å². The maximum absolute atomic E-state index is 11.8. The number of rotatable bonds is 7. The SMILES string of the molecule is Cc1cc(OCCCOCC(F)(F)F)c(C(=O)O)s1. The summed E-state index contributed by atoms with van der Waals surface area (Å²) in [5.41, 5.74) is 0. The summed E-state index contributed by atoms with van der Waals surface area (Å²) in [5.74, 6) is -0.841. The molecule has 1 rings (SSSR count). The maximum atomic E-state index is 11.8. The Morgan fingerprint density at radius 3 is 2.68 bits per heavy atom. The molecular weight excluding hydrogens is 285 g/mol. The first-order valence-electron chi connectivity index (χ1n) is 5.40. The highest BCUT2D eigenvalue weighted by molar-refractivity contribution is 7.14. The maximum Gasteiger partial charge on any atom is 0.411 e. The molecule has 8 heteroatoms. The van der Waals surface area contributed by atoms with E-state index in [0.29, 0.717) is 0 Å². The summed E-state index contributed by atoms with van der Waals surface area (Å²) < 4.78 is 44.9. The zero-order valence-electron chi connectivity index (χ0n) is 10.1. The molecule has 1 aromatic rings. The third kappa shape index (κ3) is 5.93. The molecule has 0 aliphatic rings. The molecule has 0 radical (unpaired) electrons. The van der Waals surface area contributed by atoms with Gasteiger partial charge in [-0.25, -0.2) is 4.79 Å². The van der Waals surface area contributed by atoms with Crippen LogP contribution < -0.4 is 4.74 Å². The fourth-order valence-electron chi connectivity index (χ4n) is 1.28. The topological polar surface area (TPSA) is 55.8 Å². The fraction of sp³-hybridized carbons (Fsp3) is 0.545. The molecule has 0 aliphatic carbocycles. The number of hydrogen-bond donors (Lipinski definition) is 1. The van der Waals surface area contributed by atoms with Crippen LogP contribution in [-0.2, 0) is 4.74 Å². The number of ether oxygens (including phenoxy) is 2. The van der Waals surface area contributed by atoms with E-state index >= 15 is 0 Å². The lowest BCUT2D eigenvalue weighted by molar-refractivity contribution is -0.174. The van der Waals surface area contributed by atoms with Crippen molar-refractivity contribution in [2.75, 3.05) is 19.8 Å². The Kier molecular flexibility index (Phi) is 5.61. The number of thiophene rings is 1. The second kappa shape index (κ2) is 6.76. The molecule has 0 saturated carbocycles. The van der Waals surface area contributed by atoms with Gasteiger partial charge in [0.15, 0.2) is 4.88 Å². The quantitative estimate of drug-likeness (QED) is 0.786. The molecule has 0 amide bonds. The number of halogens is 3. The van der Waals surface area contributed by atoms with Crippen LogP contribution >= 0.6 is 11.3 Å². The van der Waals surface area contributed by atoms with Crippen molar-refractivity contribution in [3.63, 3.8) is 0 Å². The molecule has 1 N–H and O–H groups in total. The van der Waals surface area contributed by atoms with Crippen LogP contribution in [-0.4, -0.2) is 37.1 Å². The van der Waals surface area contributed by atoms with Gasteiger partial charge in [0, 0.05) is 11.3 Å². The van der Waals surface area contributed by atoms with Crippen LogP contribution in [0.1, 0.15) is 21.0 Å². The zero-order valence-corrected chi connectivity index (χ0v) is 10.9. The molecule has 0 aromatic carbocycles. The van der Waals surface area contributed by atoms with Crippen LogP contribution in [0.2, 0.25) is 0 Å². The minimum absolute atomic E-state index is 0.0914. The normalized spacial score (nSPS) is 11.6. The Bertz CT molecular complexity index is 428. The summed E-state index contributed by atoms with van der Waals surface area (Å²) in [4.78, 5) is 11.7. The largest absolute Gasteiger partial charge is 0.492 e.